The number of anilines is 1. The maximum atomic E-state index is 11.7. The number of hydrogen-bond donors (Lipinski definition) is 2. The van der Waals surface area contributed by atoms with Crippen molar-refractivity contribution in [2.45, 2.75) is 19.8 Å². The van der Waals surface area contributed by atoms with Crippen molar-refractivity contribution >= 4 is 11.6 Å². The first kappa shape index (κ1) is 14.5. The summed E-state index contributed by atoms with van der Waals surface area (Å²) in [5.41, 5.74) is 1.06. The minimum atomic E-state index is -0.0518. The zero-order chi connectivity index (χ0) is 13.2. The zero-order valence-electron chi connectivity index (χ0n) is 10.9. The molecule has 0 aliphatic rings. The number of nitrogens with zero attached hydrogens (tertiary/aromatic N) is 1. The maximum absolute atomic E-state index is 11.7. The zero-order valence-corrected chi connectivity index (χ0v) is 10.9. The Morgan fingerprint density at radius 3 is 2.67 bits per heavy atom. The molecule has 100 valence electrons. The van der Waals surface area contributed by atoms with Crippen LogP contribution in [-0.4, -0.2) is 37.3 Å². The van der Waals surface area contributed by atoms with Gasteiger partial charge < -0.3 is 15.3 Å². The first-order valence-electron chi connectivity index (χ1n) is 6.45. The van der Waals surface area contributed by atoms with E-state index in [-0.39, 0.29) is 12.5 Å². The number of unbranched alkanes of at least 4 members (excludes halogenated alkanes) is 1. The van der Waals surface area contributed by atoms with Crippen LogP contribution in [0.5, 0.6) is 0 Å². The molecule has 1 aromatic carbocycles. The van der Waals surface area contributed by atoms with Crippen LogP contribution >= 0.6 is 0 Å². The minimum Gasteiger partial charge on any atom is -0.395 e. The summed E-state index contributed by atoms with van der Waals surface area (Å²) in [4.78, 5) is 13.8. The van der Waals surface area contributed by atoms with Gasteiger partial charge >= 0.3 is 0 Å². The molecule has 0 aromatic heterocycles. The van der Waals surface area contributed by atoms with Gasteiger partial charge in [0.2, 0.25) is 5.91 Å². The fourth-order valence-corrected chi connectivity index (χ4v) is 1.71. The molecule has 0 saturated carbocycles. The number of amides is 1. The van der Waals surface area contributed by atoms with E-state index in [4.69, 9.17) is 5.11 Å². The number of hydrogen-bond acceptors (Lipinski definition) is 3. The Labute approximate surface area is 109 Å². The molecule has 0 unspecified atom stereocenters. The van der Waals surface area contributed by atoms with E-state index in [2.05, 4.69) is 17.1 Å². The molecule has 1 rings (SSSR count). The fraction of sp³-hybridized carbons (Fsp3) is 0.500. The van der Waals surface area contributed by atoms with Crippen molar-refractivity contribution < 1.29 is 9.90 Å². The monoisotopic (exact) mass is 250 g/mol. The van der Waals surface area contributed by atoms with Crippen molar-refractivity contribution in [2.75, 3.05) is 31.1 Å². The van der Waals surface area contributed by atoms with E-state index >= 15 is 0 Å². The van der Waals surface area contributed by atoms with Gasteiger partial charge in [-0.25, -0.2) is 0 Å². The van der Waals surface area contributed by atoms with Gasteiger partial charge in [-0.15, -0.1) is 0 Å². The number of nitrogens with one attached hydrogen (secondary N) is 1. The lowest BCUT2D eigenvalue weighted by molar-refractivity contribution is -0.119. The largest absolute Gasteiger partial charge is 0.395 e. The number of aliphatic hydroxyl groups is 1. The predicted molar refractivity (Wildman–Crippen MR) is 73.7 cm³/mol. The van der Waals surface area contributed by atoms with Crippen molar-refractivity contribution in [3.63, 3.8) is 0 Å². The van der Waals surface area contributed by atoms with Crippen molar-refractivity contribution in [3.05, 3.63) is 30.3 Å². The summed E-state index contributed by atoms with van der Waals surface area (Å²) < 4.78 is 0. The highest BCUT2D eigenvalue weighted by atomic mass is 16.3. The number of carbonyl (C=O) groups is 1. The van der Waals surface area contributed by atoms with Gasteiger partial charge in [0.25, 0.3) is 0 Å². The molecule has 0 heterocycles. The summed E-state index contributed by atoms with van der Waals surface area (Å²) in [7, 11) is 0. The van der Waals surface area contributed by atoms with Gasteiger partial charge in [0, 0.05) is 18.8 Å². The van der Waals surface area contributed by atoms with Gasteiger partial charge in [-0.1, -0.05) is 31.5 Å². The lowest BCUT2D eigenvalue weighted by Gasteiger charge is -2.24. The summed E-state index contributed by atoms with van der Waals surface area (Å²) in [6.45, 7) is 3.63. The Kier molecular flexibility index (Phi) is 6.87. The molecule has 1 amide bonds. The number of aliphatic hydroxyl groups excluding tert-OH is 1. The highest BCUT2D eigenvalue weighted by molar-refractivity contribution is 5.81. The molecule has 4 heteroatoms. The van der Waals surface area contributed by atoms with Crippen LogP contribution in [0.1, 0.15) is 19.8 Å². The van der Waals surface area contributed by atoms with Crippen molar-refractivity contribution in [1.29, 1.82) is 0 Å². The number of rotatable bonds is 8. The number of benzene rings is 1. The fourth-order valence-electron chi connectivity index (χ4n) is 1.71. The molecule has 0 fully saturated rings. The van der Waals surface area contributed by atoms with Crippen LogP contribution in [-0.2, 0) is 4.79 Å². The normalized spacial score (nSPS) is 10.1. The highest BCUT2D eigenvalue weighted by Crippen LogP contribution is 2.13. The average molecular weight is 250 g/mol. The van der Waals surface area contributed by atoms with E-state index in [0.29, 0.717) is 13.1 Å². The molecule has 4 nitrogen and oxygen atoms in total. The van der Waals surface area contributed by atoms with Crippen molar-refractivity contribution in [1.82, 2.24) is 5.32 Å². The second-order valence-electron chi connectivity index (χ2n) is 4.18. The number of carbonyl (C=O) groups excluding carboxylic acids is 1. The van der Waals surface area contributed by atoms with E-state index in [0.717, 1.165) is 25.1 Å². The third kappa shape index (κ3) is 5.19. The highest BCUT2D eigenvalue weighted by Gasteiger charge is 2.10. The molecule has 0 aliphatic carbocycles. The smallest absolute Gasteiger partial charge is 0.239 e. The molecule has 0 radical (unpaired) electrons. The third-order valence-corrected chi connectivity index (χ3v) is 2.67. The molecule has 0 spiro atoms. The SMILES string of the molecule is CCCCN(CC(=O)NCCO)c1ccccc1. The third-order valence-electron chi connectivity index (χ3n) is 2.67. The van der Waals surface area contributed by atoms with Gasteiger partial charge in [0.1, 0.15) is 0 Å². The Hall–Kier alpha value is -1.55. The van der Waals surface area contributed by atoms with Crippen LogP contribution < -0.4 is 10.2 Å². The molecule has 0 atom stereocenters. The van der Waals surface area contributed by atoms with Crippen LogP contribution in [0.15, 0.2) is 30.3 Å². The Bertz CT molecular complexity index is 341. The van der Waals surface area contributed by atoms with Gasteiger partial charge in [-0.2, -0.15) is 0 Å². The lowest BCUT2D eigenvalue weighted by atomic mass is 10.2. The molecular formula is C14H22N2O2. The van der Waals surface area contributed by atoms with E-state index in [9.17, 15) is 4.79 Å². The summed E-state index contributed by atoms with van der Waals surface area (Å²) in [5.74, 6) is -0.0518. The van der Waals surface area contributed by atoms with E-state index in [1.54, 1.807) is 0 Å². The van der Waals surface area contributed by atoms with Gasteiger partial charge in [0.05, 0.1) is 13.2 Å². The first-order chi connectivity index (χ1) is 8.77. The van der Waals surface area contributed by atoms with E-state index in [1.165, 1.54) is 0 Å². The molecule has 0 bridgehead atoms. The molecule has 0 aliphatic heterocycles. The first-order valence-corrected chi connectivity index (χ1v) is 6.45. The molecule has 1 aromatic rings. The van der Waals surface area contributed by atoms with E-state index < -0.39 is 0 Å². The minimum absolute atomic E-state index is 0.0218. The molecule has 0 saturated heterocycles. The average Bonchev–Trinajstić information content (AvgIpc) is 2.42. The molecule has 18 heavy (non-hydrogen) atoms. The van der Waals surface area contributed by atoms with Crippen LogP contribution in [0, 0.1) is 0 Å². The van der Waals surface area contributed by atoms with Crippen LogP contribution in [0.2, 0.25) is 0 Å². The Balaban J connectivity index is 2.58. The second-order valence-corrected chi connectivity index (χ2v) is 4.18. The Morgan fingerprint density at radius 2 is 2.06 bits per heavy atom. The summed E-state index contributed by atoms with van der Waals surface area (Å²) in [6.07, 6.45) is 2.16. The molecule has 2 N–H and O–H groups in total. The van der Waals surface area contributed by atoms with Crippen LogP contribution in [0.4, 0.5) is 5.69 Å². The van der Waals surface area contributed by atoms with Gasteiger partial charge in [-0.3, -0.25) is 4.79 Å². The summed E-state index contributed by atoms with van der Waals surface area (Å²) >= 11 is 0. The summed E-state index contributed by atoms with van der Waals surface area (Å²) in [6, 6.07) is 9.93. The van der Waals surface area contributed by atoms with Gasteiger partial charge in [0.15, 0.2) is 0 Å². The predicted octanol–water partition coefficient (Wildman–Crippen LogP) is 1.40. The van der Waals surface area contributed by atoms with Crippen LogP contribution in [0.3, 0.4) is 0 Å². The van der Waals surface area contributed by atoms with Crippen molar-refractivity contribution in [2.24, 2.45) is 0 Å². The maximum Gasteiger partial charge on any atom is 0.239 e. The number of para-hydroxylation sites is 1. The topological polar surface area (TPSA) is 52.6 Å². The molecular weight excluding hydrogens is 228 g/mol. The van der Waals surface area contributed by atoms with E-state index in [1.807, 2.05) is 30.3 Å². The summed E-state index contributed by atoms with van der Waals surface area (Å²) in [5, 5.41) is 11.4. The Morgan fingerprint density at radius 1 is 1.33 bits per heavy atom. The van der Waals surface area contributed by atoms with Crippen molar-refractivity contribution in [3.8, 4) is 0 Å². The quantitative estimate of drug-likeness (QED) is 0.733. The van der Waals surface area contributed by atoms with Crippen LogP contribution in [0.25, 0.3) is 0 Å². The lowest BCUT2D eigenvalue weighted by Crippen LogP contribution is -2.38. The van der Waals surface area contributed by atoms with Gasteiger partial charge in [-0.05, 0) is 18.6 Å². The second kappa shape index (κ2) is 8.53. The standard InChI is InChI=1S/C14H22N2O2/c1-2-3-10-16(12-14(18)15-9-11-17)13-7-5-4-6-8-13/h4-8,17H,2-3,9-12H2,1H3,(H,15,18).